The highest BCUT2D eigenvalue weighted by Crippen LogP contribution is 2.30. The van der Waals surface area contributed by atoms with Crippen molar-refractivity contribution in [1.29, 1.82) is 0 Å². The van der Waals surface area contributed by atoms with Crippen molar-refractivity contribution in [3.05, 3.63) is 59.0 Å². The van der Waals surface area contributed by atoms with Gasteiger partial charge in [-0.2, -0.15) is 13.2 Å². The van der Waals surface area contributed by atoms with Gasteiger partial charge in [0.1, 0.15) is 6.54 Å². The number of aromatic amines is 1. The van der Waals surface area contributed by atoms with E-state index in [-0.39, 0.29) is 22.5 Å². The molecule has 0 fully saturated rings. The summed E-state index contributed by atoms with van der Waals surface area (Å²) >= 11 is 0.936. The van der Waals surface area contributed by atoms with E-state index in [1.54, 1.807) is 44.2 Å². The summed E-state index contributed by atoms with van der Waals surface area (Å²) in [5, 5.41) is 0.104. The molecule has 5 nitrogen and oxygen atoms in total. The molecule has 1 N–H and O–H groups in total. The van der Waals surface area contributed by atoms with Crippen LogP contribution in [0.3, 0.4) is 0 Å². The number of carbonyl (C=O) groups is 2. The fraction of sp³-hybridized carbons (Fsp3) is 0.286. The van der Waals surface area contributed by atoms with Crippen LogP contribution in [0.15, 0.2) is 41.7 Å². The monoisotopic (exact) mass is 435 g/mol. The van der Waals surface area contributed by atoms with Crippen molar-refractivity contribution in [1.82, 2.24) is 14.5 Å². The van der Waals surface area contributed by atoms with Crippen molar-refractivity contribution in [2.24, 2.45) is 0 Å². The summed E-state index contributed by atoms with van der Waals surface area (Å²) in [4.78, 5) is 31.5. The van der Waals surface area contributed by atoms with Crippen LogP contribution in [0.1, 0.15) is 39.0 Å². The first-order chi connectivity index (χ1) is 14.1. The molecule has 0 saturated carbocycles. The second-order valence-corrected chi connectivity index (χ2v) is 7.83. The van der Waals surface area contributed by atoms with Crippen LogP contribution in [0.25, 0.3) is 11.3 Å². The Bertz CT molecular complexity index is 1090. The molecule has 0 spiro atoms. The van der Waals surface area contributed by atoms with Gasteiger partial charge in [0.05, 0.1) is 23.3 Å². The normalized spacial score (nSPS) is 11.7. The zero-order valence-corrected chi connectivity index (χ0v) is 17.4. The van der Waals surface area contributed by atoms with Crippen LogP contribution in [-0.2, 0) is 6.54 Å². The topological polar surface area (TPSA) is 67.8 Å². The van der Waals surface area contributed by atoms with Crippen LogP contribution < -0.4 is 0 Å². The summed E-state index contributed by atoms with van der Waals surface area (Å²) < 4.78 is 40.6. The minimum atomic E-state index is -4.44. The molecule has 0 aliphatic rings. The number of Topliss-reactive ketones (excluding diaryl/α,β-unsaturated/α-hetero) is 2. The molecule has 1 aromatic carbocycles. The predicted octanol–water partition coefficient (Wildman–Crippen LogP) is 5.23. The van der Waals surface area contributed by atoms with E-state index in [9.17, 15) is 22.8 Å². The number of aryl methyl sites for hydroxylation is 1. The van der Waals surface area contributed by atoms with E-state index in [4.69, 9.17) is 0 Å². The molecule has 2 heterocycles. The maximum absolute atomic E-state index is 13.2. The number of thioether (sulfide) groups is 1. The first-order valence-electron chi connectivity index (χ1n) is 9.12. The van der Waals surface area contributed by atoms with Gasteiger partial charge in [-0.15, -0.1) is 0 Å². The Morgan fingerprint density at radius 1 is 1.17 bits per heavy atom. The first kappa shape index (κ1) is 21.9. The number of hydrogen-bond acceptors (Lipinski definition) is 4. The van der Waals surface area contributed by atoms with E-state index in [1.807, 2.05) is 0 Å². The Morgan fingerprint density at radius 2 is 1.83 bits per heavy atom. The number of aromatic nitrogens is 3. The Labute approximate surface area is 175 Å². The summed E-state index contributed by atoms with van der Waals surface area (Å²) in [6.45, 7) is 3.60. The largest absolute Gasteiger partial charge is 0.406 e. The van der Waals surface area contributed by atoms with Gasteiger partial charge in [-0.1, -0.05) is 42.1 Å². The Kier molecular flexibility index (Phi) is 6.21. The third kappa shape index (κ3) is 4.67. The number of alkyl halides is 3. The summed E-state index contributed by atoms with van der Waals surface area (Å²) in [5.41, 5.74) is 2.84. The summed E-state index contributed by atoms with van der Waals surface area (Å²) in [5.74, 6) is -0.571. The van der Waals surface area contributed by atoms with Crippen LogP contribution in [0, 0.1) is 13.8 Å². The Hall–Kier alpha value is -2.81. The molecule has 30 heavy (non-hydrogen) atoms. The minimum Gasteiger partial charge on any atom is -0.355 e. The molecular weight excluding hydrogens is 415 g/mol. The zero-order chi connectivity index (χ0) is 22.1. The molecule has 9 heteroatoms. The number of halogens is 3. The Morgan fingerprint density at radius 3 is 2.40 bits per heavy atom. The highest BCUT2D eigenvalue weighted by Gasteiger charge is 2.31. The minimum absolute atomic E-state index is 0.104. The summed E-state index contributed by atoms with van der Waals surface area (Å²) in [7, 11) is 0. The van der Waals surface area contributed by atoms with E-state index in [0.717, 1.165) is 16.3 Å². The molecule has 0 atom stereocenters. The number of imidazole rings is 1. The standard InChI is InChI=1S/C21H20F3N3O2S/c1-12-18(14(3)28)13(2)26-19(12)17(29)10-30-20-25-9-16(15-7-5-4-6-8-15)27(20)11-21(22,23)24/h4-9,26H,10-11H2,1-3H3. The van der Waals surface area contributed by atoms with Crippen molar-refractivity contribution in [3.8, 4) is 11.3 Å². The van der Waals surface area contributed by atoms with E-state index in [0.29, 0.717) is 33.8 Å². The third-order valence-electron chi connectivity index (χ3n) is 4.63. The second-order valence-electron chi connectivity index (χ2n) is 6.89. The van der Waals surface area contributed by atoms with Gasteiger partial charge in [0, 0.05) is 11.3 Å². The first-order valence-corrected chi connectivity index (χ1v) is 10.1. The van der Waals surface area contributed by atoms with Crippen LogP contribution in [-0.4, -0.2) is 38.0 Å². The van der Waals surface area contributed by atoms with Gasteiger partial charge in [-0.25, -0.2) is 4.98 Å². The lowest BCUT2D eigenvalue weighted by Gasteiger charge is -2.14. The fourth-order valence-corrected chi connectivity index (χ4v) is 4.26. The van der Waals surface area contributed by atoms with Gasteiger partial charge < -0.3 is 9.55 Å². The van der Waals surface area contributed by atoms with Crippen LogP contribution >= 0.6 is 11.8 Å². The summed E-state index contributed by atoms with van der Waals surface area (Å²) in [6, 6.07) is 8.66. The SMILES string of the molecule is CC(=O)c1c(C)[nH]c(C(=O)CSc2ncc(-c3ccccc3)n2CC(F)(F)F)c1C. The molecule has 0 aliphatic carbocycles. The van der Waals surface area contributed by atoms with E-state index in [2.05, 4.69) is 9.97 Å². The summed E-state index contributed by atoms with van der Waals surface area (Å²) in [6.07, 6.45) is -3.06. The number of H-pyrrole nitrogens is 1. The van der Waals surface area contributed by atoms with Gasteiger partial charge in [0.15, 0.2) is 16.7 Å². The highest BCUT2D eigenvalue weighted by molar-refractivity contribution is 7.99. The van der Waals surface area contributed by atoms with Crippen LogP contribution in [0.2, 0.25) is 0 Å². The molecule has 158 valence electrons. The molecule has 0 bridgehead atoms. The molecule has 3 aromatic rings. The van der Waals surface area contributed by atoms with E-state index < -0.39 is 12.7 Å². The van der Waals surface area contributed by atoms with Gasteiger partial charge in [0.2, 0.25) is 0 Å². The van der Waals surface area contributed by atoms with Crippen molar-refractivity contribution >= 4 is 23.3 Å². The lowest BCUT2D eigenvalue weighted by molar-refractivity contribution is -0.141. The molecule has 0 radical (unpaired) electrons. The van der Waals surface area contributed by atoms with Gasteiger partial charge in [0.25, 0.3) is 0 Å². The van der Waals surface area contributed by atoms with Crippen molar-refractivity contribution < 1.29 is 22.8 Å². The number of hydrogen-bond donors (Lipinski definition) is 1. The lowest BCUT2D eigenvalue weighted by Crippen LogP contribution is -2.19. The van der Waals surface area contributed by atoms with E-state index >= 15 is 0 Å². The average Bonchev–Trinajstić information content (AvgIpc) is 3.19. The number of rotatable bonds is 7. The quantitative estimate of drug-likeness (QED) is 0.407. The van der Waals surface area contributed by atoms with Crippen molar-refractivity contribution in [2.75, 3.05) is 5.75 Å². The third-order valence-corrected chi connectivity index (χ3v) is 5.62. The second kappa shape index (κ2) is 8.51. The number of nitrogens with one attached hydrogen (secondary N) is 1. The highest BCUT2D eigenvalue weighted by atomic mass is 32.2. The molecule has 3 rings (SSSR count). The molecule has 0 unspecified atom stereocenters. The smallest absolute Gasteiger partial charge is 0.355 e. The Balaban J connectivity index is 1.87. The van der Waals surface area contributed by atoms with E-state index in [1.165, 1.54) is 13.1 Å². The molecular formula is C21H20F3N3O2S. The zero-order valence-electron chi connectivity index (χ0n) is 16.6. The van der Waals surface area contributed by atoms with Crippen LogP contribution in [0.5, 0.6) is 0 Å². The predicted molar refractivity (Wildman–Crippen MR) is 109 cm³/mol. The molecule has 0 amide bonds. The van der Waals surface area contributed by atoms with Gasteiger partial charge in [-0.05, 0) is 31.9 Å². The maximum Gasteiger partial charge on any atom is 0.406 e. The maximum atomic E-state index is 13.2. The van der Waals surface area contributed by atoms with Crippen LogP contribution in [0.4, 0.5) is 13.2 Å². The molecule has 0 saturated heterocycles. The number of ketones is 2. The number of nitrogens with zero attached hydrogens (tertiary/aromatic N) is 2. The van der Waals surface area contributed by atoms with Gasteiger partial charge >= 0.3 is 6.18 Å². The molecule has 2 aromatic heterocycles. The van der Waals surface area contributed by atoms with Gasteiger partial charge in [-0.3, -0.25) is 9.59 Å². The van der Waals surface area contributed by atoms with Crippen molar-refractivity contribution in [3.63, 3.8) is 0 Å². The fourth-order valence-electron chi connectivity index (χ4n) is 3.40. The molecule has 0 aliphatic heterocycles. The number of carbonyl (C=O) groups excluding carboxylic acids is 2. The average molecular weight is 435 g/mol. The number of benzene rings is 1. The van der Waals surface area contributed by atoms with Crippen molar-refractivity contribution in [2.45, 2.75) is 38.6 Å². The lowest BCUT2D eigenvalue weighted by atomic mass is 10.1.